The number of carbonyl (C=O) groups is 2. The predicted octanol–water partition coefficient (Wildman–Crippen LogP) is 3.86. The average molecular weight is 459 g/mol. The predicted molar refractivity (Wildman–Crippen MR) is 108 cm³/mol. The molecule has 2 aromatic rings. The summed E-state index contributed by atoms with van der Waals surface area (Å²) in [6, 6.07) is 2.04. The lowest BCUT2D eigenvalue weighted by molar-refractivity contribution is -0.192. The number of aromatic nitrogens is 1. The highest BCUT2D eigenvalue weighted by molar-refractivity contribution is 7.08. The molecular weight excluding hydrogens is 435 g/mol. The highest BCUT2D eigenvalue weighted by Crippen LogP contribution is 2.46. The SMILES string of the molecule is Cc1noc(C)c1CN1C[C@@H](C)[C@@]2(CCN(c3ccsc3)C2=O)C1.O=C(O)C(F)(F)F. The van der Waals surface area contributed by atoms with Crippen LogP contribution in [0.2, 0.25) is 0 Å². The molecule has 2 fully saturated rings. The lowest BCUT2D eigenvalue weighted by Crippen LogP contribution is -2.39. The molecule has 7 nitrogen and oxygen atoms in total. The topological polar surface area (TPSA) is 86.9 Å². The molecule has 2 aromatic heterocycles. The molecule has 11 heteroatoms. The van der Waals surface area contributed by atoms with E-state index in [0.717, 1.165) is 49.7 Å². The van der Waals surface area contributed by atoms with E-state index < -0.39 is 12.1 Å². The second kappa shape index (κ2) is 8.62. The van der Waals surface area contributed by atoms with Crippen molar-refractivity contribution < 1.29 is 32.4 Å². The Morgan fingerprint density at radius 2 is 2.10 bits per heavy atom. The van der Waals surface area contributed by atoms with E-state index in [9.17, 15) is 18.0 Å². The van der Waals surface area contributed by atoms with Gasteiger partial charge >= 0.3 is 12.1 Å². The number of anilines is 1. The lowest BCUT2D eigenvalue weighted by atomic mass is 9.78. The number of alkyl halides is 3. The summed E-state index contributed by atoms with van der Waals surface area (Å²) < 4.78 is 37.0. The third-order valence-corrected chi connectivity index (χ3v) is 6.73. The van der Waals surface area contributed by atoms with E-state index in [1.807, 2.05) is 30.2 Å². The van der Waals surface area contributed by atoms with Crippen LogP contribution in [0.25, 0.3) is 0 Å². The molecule has 0 saturated carbocycles. The van der Waals surface area contributed by atoms with Gasteiger partial charge in [-0.2, -0.15) is 24.5 Å². The number of likely N-dealkylation sites (tertiary alicyclic amines) is 1. The maximum Gasteiger partial charge on any atom is 0.490 e. The van der Waals surface area contributed by atoms with Crippen molar-refractivity contribution in [2.24, 2.45) is 11.3 Å². The molecule has 2 atom stereocenters. The molecule has 4 heterocycles. The summed E-state index contributed by atoms with van der Waals surface area (Å²) in [6.07, 6.45) is -4.14. The van der Waals surface area contributed by atoms with Gasteiger partial charge in [-0.05, 0) is 37.6 Å². The highest BCUT2D eigenvalue weighted by atomic mass is 32.1. The van der Waals surface area contributed by atoms with E-state index in [1.54, 1.807) is 11.3 Å². The molecule has 1 N–H and O–H groups in total. The number of hydrogen-bond donors (Lipinski definition) is 1. The largest absolute Gasteiger partial charge is 0.490 e. The van der Waals surface area contributed by atoms with Gasteiger partial charge in [0, 0.05) is 37.1 Å². The first-order valence-electron chi connectivity index (χ1n) is 9.74. The Morgan fingerprint density at radius 1 is 1.42 bits per heavy atom. The van der Waals surface area contributed by atoms with Crippen molar-refractivity contribution in [2.75, 3.05) is 24.5 Å². The summed E-state index contributed by atoms with van der Waals surface area (Å²) in [5.74, 6) is -1.20. The Balaban J connectivity index is 0.000000339. The molecule has 1 spiro atoms. The van der Waals surface area contributed by atoms with Crippen molar-refractivity contribution >= 4 is 28.9 Å². The lowest BCUT2D eigenvalue weighted by Gasteiger charge is -2.26. The van der Waals surface area contributed by atoms with E-state index in [-0.39, 0.29) is 5.41 Å². The second-order valence-corrected chi connectivity index (χ2v) is 8.80. The van der Waals surface area contributed by atoms with Gasteiger partial charge in [-0.25, -0.2) is 4.79 Å². The molecular formula is C20H24F3N3O4S. The minimum Gasteiger partial charge on any atom is -0.475 e. The fraction of sp³-hybridized carbons (Fsp3) is 0.550. The maximum absolute atomic E-state index is 13.2. The standard InChI is InChI=1S/C18H23N3O2S.C2HF3O2/c1-12-8-20(9-16-13(2)19-23-14(16)3)11-18(12)5-6-21(17(18)22)15-4-7-24-10-15;3-2(4,5)1(6)7/h4,7,10,12H,5-6,8-9,11H2,1-3H3;(H,6,7)/t12-,18-;/m1./s1. The summed E-state index contributed by atoms with van der Waals surface area (Å²) in [7, 11) is 0. The number of thiophene rings is 1. The van der Waals surface area contributed by atoms with E-state index in [1.165, 1.54) is 5.56 Å². The number of hydrogen-bond acceptors (Lipinski definition) is 6. The fourth-order valence-electron chi connectivity index (χ4n) is 4.30. The van der Waals surface area contributed by atoms with Crippen molar-refractivity contribution in [1.29, 1.82) is 0 Å². The monoisotopic (exact) mass is 459 g/mol. The summed E-state index contributed by atoms with van der Waals surface area (Å²) in [5, 5.41) is 15.3. The normalized spacial score (nSPS) is 24.0. The zero-order valence-corrected chi connectivity index (χ0v) is 18.2. The number of carboxylic acids is 1. The summed E-state index contributed by atoms with van der Waals surface area (Å²) in [4.78, 5) is 26.5. The Bertz CT molecular complexity index is 925. The Hall–Kier alpha value is -2.40. The fourth-order valence-corrected chi connectivity index (χ4v) is 4.94. The summed E-state index contributed by atoms with van der Waals surface area (Å²) in [6.45, 7) is 9.61. The zero-order chi connectivity index (χ0) is 23.0. The molecule has 2 saturated heterocycles. The molecule has 170 valence electrons. The van der Waals surface area contributed by atoms with Crippen molar-refractivity contribution in [2.45, 2.75) is 39.9 Å². The molecule has 0 aliphatic carbocycles. The maximum atomic E-state index is 13.2. The van der Waals surface area contributed by atoms with Gasteiger partial charge in [-0.1, -0.05) is 12.1 Å². The molecule has 0 radical (unpaired) electrons. The van der Waals surface area contributed by atoms with Gasteiger partial charge in [0.2, 0.25) is 5.91 Å². The number of nitrogens with zero attached hydrogens (tertiary/aromatic N) is 3. The van der Waals surface area contributed by atoms with E-state index >= 15 is 0 Å². The first kappa shape index (κ1) is 23.3. The quantitative estimate of drug-likeness (QED) is 0.750. The summed E-state index contributed by atoms with van der Waals surface area (Å²) >= 11 is 1.65. The van der Waals surface area contributed by atoms with Crippen molar-refractivity contribution in [3.8, 4) is 0 Å². The smallest absolute Gasteiger partial charge is 0.475 e. The van der Waals surface area contributed by atoms with Gasteiger partial charge in [0.15, 0.2) is 0 Å². The van der Waals surface area contributed by atoms with Crippen molar-refractivity contribution in [1.82, 2.24) is 10.1 Å². The van der Waals surface area contributed by atoms with Crippen molar-refractivity contribution in [3.05, 3.63) is 33.8 Å². The number of halogens is 3. The zero-order valence-electron chi connectivity index (χ0n) is 17.4. The first-order chi connectivity index (χ1) is 14.5. The number of carboxylic acid groups (broad SMARTS) is 1. The Morgan fingerprint density at radius 3 is 2.61 bits per heavy atom. The summed E-state index contributed by atoms with van der Waals surface area (Å²) in [5.41, 5.74) is 2.94. The van der Waals surface area contributed by atoms with Crippen LogP contribution >= 0.6 is 11.3 Å². The molecule has 0 unspecified atom stereocenters. The minimum absolute atomic E-state index is 0.235. The third-order valence-electron chi connectivity index (χ3n) is 6.06. The van der Waals surface area contributed by atoms with Gasteiger partial charge < -0.3 is 14.5 Å². The Labute approximate surface area is 181 Å². The molecule has 2 aliphatic heterocycles. The second-order valence-electron chi connectivity index (χ2n) is 8.02. The van der Waals surface area contributed by atoms with Crippen LogP contribution in [0.15, 0.2) is 21.3 Å². The van der Waals surface area contributed by atoms with Crippen LogP contribution in [0.3, 0.4) is 0 Å². The van der Waals surface area contributed by atoms with E-state index in [2.05, 4.69) is 22.4 Å². The number of carbonyl (C=O) groups excluding carboxylic acids is 1. The number of amides is 1. The van der Waals surface area contributed by atoms with Crippen LogP contribution in [0.4, 0.5) is 18.9 Å². The van der Waals surface area contributed by atoms with Gasteiger partial charge in [-0.3, -0.25) is 9.69 Å². The molecule has 1 amide bonds. The minimum atomic E-state index is -5.08. The number of aryl methyl sites for hydroxylation is 2. The third kappa shape index (κ3) is 4.62. The average Bonchev–Trinajstić information content (AvgIpc) is 3.44. The van der Waals surface area contributed by atoms with Gasteiger partial charge in [0.25, 0.3) is 0 Å². The van der Waals surface area contributed by atoms with Gasteiger partial charge in [0.1, 0.15) is 5.76 Å². The van der Waals surface area contributed by atoms with Gasteiger partial charge in [0.05, 0.1) is 16.8 Å². The van der Waals surface area contributed by atoms with Crippen LogP contribution in [-0.4, -0.2) is 52.9 Å². The van der Waals surface area contributed by atoms with Crippen LogP contribution < -0.4 is 4.90 Å². The molecule has 2 aliphatic rings. The van der Waals surface area contributed by atoms with Crippen LogP contribution in [0.1, 0.15) is 30.4 Å². The molecule has 0 bridgehead atoms. The molecule has 4 rings (SSSR count). The highest BCUT2D eigenvalue weighted by Gasteiger charge is 2.55. The molecule has 31 heavy (non-hydrogen) atoms. The van der Waals surface area contributed by atoms with E-state index in [4.69, 9.17) is 14.4 Å². The number of rotatable bonds is 3. The van der Waals surface area contributed by atoms with Crippen LogP contribution in [0.5, 0.6) is 0 Å². The van der Waals surface area contributed by atoms with E-state index in [0.29, 0.717) is 11.8 Å². The first-order valence-corrected chi connectivity index (χ1v) is 10.7. The van der Waals surface area contributed by atoms with Crippen LogP contribution in [0, 0.1) is 25.2 Å². The Kier molecular flexibility index (Phi) is 6.47. The van der Waals surface area contributed by atoms with Crippen molar-refractivity contribution in [3.63, 3.8) is 0 Å². The number of aliphatic carboxylic acids is 1. The van der Waals surface area contributed by atoms with Gasteiger partial charge in [-0.15, -0.1) is 0 Å². The van der Waals surface area contributed by atoms with Crippen LogP contribution in [-0.2, 0) is 16.1 Å². The molecule has 0 aromatic carbocycles.